The van der Waals surface area contributed by atoms with Crippen molar-refractivity contribution >= 4 is 24.3 Å². The van der Waals surface area contributed by atoms with Crippen LogP contribution in [0.4, 0.5) is 0 Å². The van der Waals surface area contributed by atoms with E-state index in [2.05, 4.69) is 4.90 Å². The zero-order valence-corrected chi connectivity index (χ0v) is 9.91. The zero-order chi connectivity index (χ0) is 11.3. The van der Waals surface area contributed by atoms with Crippen LogP contribution in [0.1, 0.15) is 25.7 Å². The first kappa shape index (κ1) is 15.2. The molecule has 0 amide bonds. The molecule has 1 aliphatic heterocycles. The van der Waals surface area contributed by atoms with E-state index in [0.29, 0.717) is 19.3 Å². The summed E-state index contributed by atoms with van der Waals surface area (Å²) in [4.78, 5) is 23.1. The van der Waals surface area contributed by atoms with Gasteiger partial charge in [0.15, 0.2) is 0 Å². The molecular formula is C10H18ClNO4. The number of hydrogen-bond acceptors (Lipinski definition) is 3. The lowest BCUT2D eigenvalue weighted by molar-refractivity contribution is -0.143. The third-order valence-electron chi connectivity index (χ3n) is 2.80. The van der Waals surface area contributed by atoms with Crippen molar-refractivity contribution in [1.29, 1.82) is 0 Å². The van der Waals surface area contributed by atoms with Crippen molar-refractivity contribution in [2.24, 2.45) is 5.92 Å². The van der Waals surface area contributed by atoms with Crippen molar-refractivity contribution in [2.45, 2.75) is 25.7 Å². The Morgan fingerprint density at radius 2 is 1.75 bits per heavy atom. The van der Waals surface area contributed by atoms with Crippen LogP contribution in [-0.2, 0) is 9.59 Å². The number of hydrogen-bond donors (Lipinski definition) is 2. The smallest absolute Gasteiger partial charge is 0.306 e. The van der Waals surface area contributed by atoms with Crippen molar-refractivity contribution in [3.63, 3.8) is 0 Å². The topological polar surface area (TPSA) is 77.8 Å². The molecule has 2 N–H and O–H groups in total. The minimum Gasteiger partial charge on any atom is -0.481 e. The zero-order valence-electron chi connectivity index (χ0n) is 9.09. The summed E-state index contributed by atoms with van der Waals surface area (Å²) in [5.41, 5.74) is 0. The Morgan fingerprint density at radius 1 is 1.19 bits per heavy atom. The molecule has 1 saturated heterocycles. The van der Waals surface area contributed by atoms with E-state index >= 15 is 0 Å². The average Bonchev–Trinajstić information content (AvgIpc) is 2.18. The number of carbonyl (C=O) groups is 2. The molecule has 6 heteroatoms. The molecule has 0 aromatic carbocycles. The van der Waals surface area contributed by atoms with E-state index in [0.717, 1.165) is 19.6 Å². The highest BCUT2D eigenvalue weighted by molar-refractivity contribution is 5.85. The third-order valence-corrected chi connectivity index (χ3v) is 2.80. The van der Waals surface area contributed by atoms with Crippen molar-refractivity contribution in [1.82, 2.24) is 4.90 Å². The van der Waals surface area contributed by atoms with Gasteiger partial charge < -0.3 is 15.1 Å². The van der Waals surface area contributed by atoms with Gasteiger partial charge in [-0.1, -0.05) is 0 Å². The van der Waals surface area contributed by atoms with Crippen molar-refractivity contribution in [2.75, 3.05) is 19.6 Å². The predicted octanol–water partition coefficient (Wildman–Crippen LogP) is 1.07. The fourth-order valence-electron chi connectivity index (χ4n) is 1.86. The van der Waals surface area contributed by atoms with E-state index < -0.39 is 11.9 Å². The normalized spacial score (nSPS) is 17.8. The van der Waals surface area contributed by atoms with Crippen LogP contribution in [0.25, 0.3) is 0 Å². The lowest BCUT2D eigenvalue weighted by atomic mass is 9.97. The van der Waals surface area contributed by atoms with Crippen LogP contribution < -0.4 is 0 Å². The highest BCUT2D eigenvalue weighted by Crippen LogP contribution is 2.17. The van der Waals surface area contributed by atoms with Crippen LogP contribution in [-0.4, -0.2) is 46.7 Å². The molecule has 94 valence electrons. The quantitative estimate of drug-likeness (QED) is 0.764. The Bertz CT molecular complexity index is 236. The van der Waals surface area contributed by atoms with E-state index in [4.69, 9.17) is 10.2 Å². The van der Waals surface area contributed by atoms with Crippen LogP contribution in [0.3, 0.4) is 0 Å². The van der Waals surface area contributed by atoms with Crippen LogP contribution in [0, 0.1) is 5.92 Å². The highest BCUT2D eigenvalue weighted by atomic mass is 35.5. The molecule has 0 aromatic heterocycles. The molecule has 1 aliphatic rings. The molecule has 0 aromatic rings. The molecule has 0 saturated carbocycles. The maximum atomic E-state index is 10.7. The maximum Gasteiger partial charge on any atom is 0.306 e. The van der Waals surface area contributed by atoms with Crippen molar-refractivity contribution in [3.8, 4) is 0 Å². The highest BCUT2D eigenvalue weighted by Gasteiger charge is 2.23. The lowest BCUT2D eigenvalue weighted by Crippen LogP contribution is -2.36. The molecule has 1 rings (SSSR count). The van der Waals surface area contributed by atoms with Crippen LogP contribution in [0.5, 0.6) is 0 Å². The number of likely N-dealkylation sites (tertiary alicyclic amines) is 1. The third kappa shape index (κ3) is 5.32. The Morgan fingerprint density at radius 3 is 2.19 bits per heavy atom. The van der Waals surface area contributed by atoms with Gasteiger partial charge in [-0.3, -0.25) is 9.59 Å². The first-order valence-electron chi connectivity index (χ1n) is 5.26. The number of halogens is 1. The molecule has 0 radical (unpaired) electrons. The summed E-state index contributed by atoms with van der Waals surface area (Å²) in [6.45, 7) is 2.31. The number of nitrogens with zero attached hydrogens (tertiary/aromatic N) is 1. The van der Waals surface area contributed by atoms with E-state index in [1.165, 1.54) is 0 Å². The molecule has 0 spiro atoms. The Labute approximate surface area is 101 Å². The van der Waals surface area contributed by atoms with Gasteiger partial charge in [-0.2, -0.15) is 0 Å². The van der Waals surface area contributed by atoms with Gasteiger partial charge in [0.05, 0.1) is 5.92 Å². The summed E-state index contributed by atoms with van der Waals surface area (Å²) < 4.78 is 0. The minimum absolute atomic E-state index is 0. The molecule has 1 fully saturated rings. The summed E-state index contributed by atoms with van der Waals surface area (Å²) in [7, 11) is 0. The van der Waals surface area contributed by atoms with Crippen molar-refractivity contribution in [3.05, 3.63) is 0 Å². The molecule has 0 bridgehead atoms. The summed E-state index contributed by atoms with van der Waals surface area (Å²) in [6, 6.07) is 0. The summed E-state index contributed by atoms with van der Waals surface area (Å²) in [5.74, 6) is -1.68. The Hall–Kier alpha value is -0.810. The lowest BCUT2D eigenvalue weighted by Gasteiger charge is -2.29. The first-order valence-corrected chi connectivity index (χ1v) is 5.26. The van der Waals surface area contributed by atoms with Crippen LogP contribution in [0.15, 0.2) is 0 Å². The van der Waals surface area contributed by atoms with Crippen molar-refractivity contribution < 1.29 is 19.8 Å². The summed E-state index contributed by atoms with van der Waals surface area (Å²) in [5, 5.41) is 17.2. The van der Waals surface area contributed by atoms with Gasteiger partial charge in [0, 0.05) is 6.42 Å². The summed E-state index contributed by atoms with van der Waals surface area (Å²) in [6.07, 6.45) is 2.21. The molecule has 1 heterocycles. The van der Waals surface area contributed by atoms with E-state index in [-0.39, 0.29) is 24.7 Å². The molecule has 0 unspecified atom stereocenters. The standard InChI is InChI=1S/C10H17NO4.ClH/c12-9(13)2-1-5-11-6-3-8(4-7-11)10(14)15;/h8H,1-7H2,(H,12,13)(H,14,15);1H. The summed E-state index contributed by atoms with van der Waals surface area (Å²) >= 11 is 0. The number of rotatable bonds is 5. The molecular weight excluding hydrogens is 234 g/mol. The predicted molar refractivity (Wildman–Crippen MR) is 60.9 cm³/mol. The van der Waals surface area contributed by atoms with E-state index in [1.54, 1.807) is 0 Å². The van der Waals surface area contributed by atoms with Gasteiger partial charge in [-0.25, -0.2) is 0 Å². The van der Waals surface area contributed by atoms with E-state index in [9.17, 15) is 9.59 Å². The largest absolute Gasteiger partial charge is 0.481 e. The SMILES string of the molecule is Cl.O=C(O)CCCN1CCC(C(=O)O)CC1. The van der Waals surface area contributed by atoms with Gasteiger partial charge in [-0.15, -0.1) is 12.4 Å². The molecule has 0 atom stereocenters. The second-order valence-corrected chi connectivity index (χ2v) is 3.95. The molecule has 5 nitrogen and oxygen atoms in total. The monoisotopic (exact) mass is 251 g/mol. The number of carboxylic acid groups (broad SMARTS) is 2. The minimum atomic E-state index is -0.768. The molecule has 0 aliphatic carbocycles. The maximum absolute atomic E-state index is 10.7. The van der Waals surface area contributed by atoms with Crippen LogP contribution in [0.2, 0.25) is 0 Å². The second-order valence-electron chi connectivity index (χ2n) is 3.95. The Balaban J connectivity index is 0.00000225. The fraction of sp³-hybridized carbons (Fsp3) is 0.800. The Kier molecular flexibility index (Phi) is 7.08. The number of carboxylic acids is 2. The second kappa shape index (κ2) is 7.46. The number of aliphatic carboxylic acids is 2. The van der Waals surface area contributed by atoms with Gasteiger partial charge in [0.2, 0.25) is 0 Å². The average molecular weight is 252 g/mol. The van der Waals surface area contributed by atoms with Gasteiger partial charge in [-0.05, 0) is 38.9 Å². The van der Waals surface area contributed by atoms with Gasteiger partial charge in [0.25, 0.3) is 0 Å². The molecule has 16 heavy (non-hydrogen) atoms. The van der Waals surface area contributed by atoms with Crippen LogP contribution >= 0.6 is 12.4 Å². The van der Waals surface area contributed by atoms with Gasteiger partial charge >= 0.3 is 11.9 Å². The fourth-order valence-corrected chi connectivity index (χ4v) is 1.86. The first-order chi connectivity index (χ1) is 7.09. The number of piperidine rings is 1. The van der Waals surface area contributed by atoms with Gasteiger partial charge in [0.1, 0.15) is 0 Å². The van der Waals surface area contributed by atoms with E-state index in [1.807, 2.05) is 0 Å².